The lowest BCUT2D eigenvalue weighted by Crippen LogP contribution is -2.46. The van der Waals surface area contributed by atoms with E-state index in [4.69, 9.17) is 4.74 Å². The average molecular weight is 240 g/mol. The fraction of sp³-hybridized carbons (Fsp3) is 0.923. The molecule has 0 bridgehead atoms. The summed E-state index contributed by atoms with van der Waals surface area (Å²) in [5, 5.41) is 6.40. The lowest BCUT2D eigenvalue weighted by Gasteiger charge is -2.26. The lowest BCUT2D eigenvalue weighted by molar-refractivity contribution is -0.133. The Morgan fingerprint density at radius 3 is 2.82 bits per heavy atom. The van der Waals surface area contributed by atoms with E-state index in [1.807, 2.05) is 0 Å². The van der Waals surface area contributed by atoms with Gasteiger partial charge in [0.05, 0.1) is 12.0 Å². The predicted molar refractivity (Wildman–Crippen MR) is 66.8 cm³/mol. The molecule has 2 aliphatic rings. The molecule has 1 saturated heterocycles. The van der Waals surface area contributed by atoms with Crippen molar-refractivity contribution in [1.82, 2.24) is 10.6 Å². The van der Waals surface area contributed by atoms with Crippen LogP contribution in [-0.4, -0.2) is 39.3 Å². The quantitative estimate of drug-likeness (QED) is 0.751. The Hall–Kier alpha value is -0.610. The van der Waals surface area contributed by atoms with Crippen LogP contribution in [0, 0.1) is 11.3 Å². The van der Waals surface area contributed by atoms with Gasteiger partial charge in [-0.15, -0.1) is 0 Å². The minimum Gasteiger partial charge on any atom is -0.384 e. The number of methoxy groups -OCH3 is 1. The molecule has 0 radical (unpaired) electrons. The second kappa shape index (κ2) is 5.83. The summed E-state index contributed by atoms with van der Waals surface area (Å²) in [6.45, 7) is 3.04. The topological polar surface area (TPSA) is 50.4 Å². The predicted octanol–water partition coefficient (Wildman–Crippen LogP) is 0.919. The summed E-state index contributed by atoms with van der Waals surface area (Å²) in [6, 6.07) is 0. The van der Waals surface area contributed by atoms with Gasteiger partial charge in [-0.3, -0.25) is 4.79 Å². The molecule has 2 N–H and O–H groups in total. The van der Waals surface area contributed by atoms with E-state index in [0.29, 0.717) is 12.5 Å². The number of nitrogens with one attached hydrogen (secondary N) is 2. The summed E-state index contributed by atoms with van der Waals surface area (Å²) < 4.78 is 5.22. The Bertz CT molecular complexity index is 256. The molecule has 0 spiro atoms. The molecule has 0 aromatic rings. The summed E-state index contributed by atoms with van der Waals surface area (Å²) >= 11 is 0. The van der Waals surface area contributed by atoms with Crippen molar-refractivity contribution in [2.75, 3.05) is 33.4 Å². The Morgan fingerprint density at radius 2 is 2.24 bits per heavy atom. The fourth-order valence-electron chi connectivity index (χ4n) is 3.04. The van der Waals surface area contributed by atoms with Crippen molar-refractivity contribution in [2.45, 2.75) is 32.1 Å². The van der Waals surface area contributed by atoms with Gasteiger partial charge >= 0.3 is 0 Å². The SMILES string of the molecule is COCC1(C(=O)NCC2CCCC2)CCNC1. The van der Waals surface area contributed by atoms with E-state index in [0.717, 1.165) is 26.1 Å². The van der Waals surface area contributed by atoms with Gasteiger partial charge in [0.2, 0.25) is 5.91 Å². The third-order valence-corrected chi connectivity index (χ3v) is 4.17. The summed E-state index contributed by atoms with van der Waals surface area (Å²) in [5.41, 5.74) is -0.326. The molecule has 1 amide bonds. The highest BCUT2D eigenvalue weighted by atomic mass is 16.5. The number of amides is 1. The highest BCUT2D eigenvalue weighted by Gasteiger charge is 2.41. The van der Waals surface area contributed by atoms with Crippen molar-refractivity contribution < 1.29 is 9.53 Å². The highest BCUT2D eigenvalue weighted by molar-refractivity contribution is 5.83. The molecule has 0 aromatic heterocycles. The molecule has 1 aliphatic carbocycles. The highest BCUT2D eigenvalue weighted by Crippen LogP contribution is 2.27. The molecule has 0 aromatic carbocycles. The van der Waals surface area contributed by atoms with Gasteiger partial charge in [-0.25, -0.2) is 0 Å². The van der Waals surface area contributed by atoms with Crippen molar-refractivity contribution in [3.8, 4) is 0 Å². The normalized spacial score (nSPS) is 29.7. The van der Waals surface area contributed by atoms with Gasteiger partial charge in [-0.1, -0.05) is 12.8 Å². The molecule has 1 atom stereocenters. The largest absolute Gasteiger partial charge is 0.384 e. The van der Waals surface area contributed by atoms with E-state index in [1.54, 1.807) is 7.11 Å². The molecule has 1 aliphatic heterocycles. The maximum absolute atomic E-state index is 12.3. The standard InChI is InChI=1S/C13H24N2O2/c1-17-10-13(6-7-14-9-13)12(16)15-8-11-4-2-3-5-11/h11,14H,2-10H2,1H3,(H,15,16). The Labute approximate surface area is 103 Å². The van der Waals surface area contributed by atoms with E-state index in [-0.39, 0.29) is 11.3 Å². The molecular weight excluding hydrogens is 216 g/mol. The molecule has 2 rings (SSSR count). The Balaban J connectivity index is 1.83. The molecule has 2 fully saturated rings. The second-order valence-corrected chi connectivity index (χ2v) is 5.50. The van der Waals surface area contributed by atoms with Crippen molar-refractivity contribution in [3.63, 3.8) is 0 Å². The molecule has 4 nitrogen and oxygen atoms in total. The molecule has 98 valence electrons. The van der Waals surface area contributed by atoms with Gasteiger partial charge < -0.3 is 15.4 Å². The first-order valence-corrected chi connectivity index (χ1v) is 6.75. The minimum absolute atomic E-state index is 0.177. The van der Waals surface area contributed by atoms with Gasteiger partial charge in [0.1, 0.15) is 0 Å². The fourth-order valence-corrected chi connectivity index (χ4v) is 3.04. The molecule has 17 heavy (non-hydrogen) atoms. The van der Waals surface area contributed by atoms with Crippen LogP contribution in [-0.2, 0) is 9.53 Å². The van der Waals surface area contributed by atoms with Gasteiger partial charge in [0.25, 0.3) is 0 Å². The van der Waals surface area contributed by atoms with Crippen LogP contribution in [0.25, 0.3) is 0 Å². The van der Waals surface area contributed by atoms with Gasteiger partial charge in [-0.05, 0) is 31.7 Å². The molecule has 1 saturated carbocycles. The summed E-state index contributed by atoms with van der Waals surface area (Å²) in [5.74, 6) is 0.879. The van der Waals surface area contributed by atoms with Crippen molar-refractivity contribution in [1.29, 1.82) is 0 Å². The number of rotatable bonds is 5. The van der Waals surface area contributed by atoms with Crippen LogP contribution in [0.4, 0.5) is 0 Å². The Kier molecular flexibility index (Phi) is 4.40. The van der Waals surface area contributed by atoms with Crippen LogP contribution < -0.4 is 10.6 Å². The second-order valence-electron chi connectivity index (χ2n) is 5.50. The zero-order valence-electron chi connectivity index (χ0n) is 10.8. The molecule has 4 heteroatoms. The number of carbonyl (C=O) groups excluding carboxylic acids is 1. The zero-order valence-corrected chi connectivity index (χ0v) is 10.8. The van der Waals surface area contributed by atoms with E-state index >= 15 is 0 Å². The van der Waals surface area contributed by atoms with Crippen LogP contribution in [0.3, 0.4) is 0 Å². The summed E-state index contributed by atoms with van der Waals surface area (Å²) in [6.07, 6.45) is 6.08. The van der Waals surface area contributed by atoms with Crippen molar-refractivity contribution in [3.05, 3.63) is 0 Å². The first kappa shape index (κ1) is 12.8. The Morgan fingerprint density at radius 1 is 1.47 bits per heavy atom. The minimum atomic E-state index is -0.326. The van der Waals surface area contributed by atoms with Crippen LogP contribution in [0.2, 0.25) is 0 Å². The smallest absolute Gasteiger partial charge is 0.229 e. The van der Waals surface area contributed by atoms with Crippen LogP contribution >= 0.6 is 0 Å². The third-order valence-electron chi connectivity index (χ3n) is 4.17. The summed E-state index contributed by atoms with van der Waals surface area (Å²) in [7, 11) is 1.67. The number of hydrogen-bond donors (Lipinski definition) is 2. The van der Waals surface area contributed by atoms with Crippen molar-refractivity contribution in [2.24, 2.45) is 11.3 Å². The molecule has 1 heterocycles. The van der Waals surface area contributed by atoms with Gasteiger partial charge in [0.15, 0.2) is 0 Å². The number of ether oxygens (including phenoxy) is 1. The van der Waals surface area contributed by atoms with Crippen LogP contribution in [0.1, 0.15) is 32.1 Å². The maximum Gasteiger partial charge on any atom is 0.229 e. The van der Waals surface area contributed by atoms with Crippen LogP contribution in [0.5, 0.6) is 0 Å². The maximum atomic E-state index is 12.3. The monoisotopic (exact) mass is 240 g/mol. The first-order valence-electron chi connectivity index (χ1n) is 6.75. The van der Waals surface area contributed by atoms with E-state index in [1.165, 1.54) is 25.7 Å². The summed E-state index contributed by atoms with van der Waals surface area (Å²) in [4.78, 5) is 12.3. The van der Waals surface area contributed by atoms with E-state index < -0.39 is 0 Å². The molecule has 1 unspecified atom stereocenters. The van der Waals surface area contributed by atoms with Gasteiger partial charge in [-0.2, -0.15) is 0 Å². The van der Waals surface area contributed by atoms with Crippen molar-refractivity contribution >= 4 is 5.91 Å². The third kappa shape index (κ3) is 2.99. The van der Waals surface area contributed by atoms with E-state index in [9.17, 15) is 4.79 Å². The zero-order chi connectivity index (χ0) is 12.1. The average Bonchev–Trinajstić information content (AvgIpc) is 2.97. The number of hydrogen-bond acceptors (Lipinski definition) is 3. The molecular formula is C13H24N2O2. The number of carbonyl (C=O) groups is 1. The van der Waals surface area contributed by atoms with Gasteiger partial charge in [0, 0.05) is 20.2 Å². The lowest BCUT2D eigenvalue weighted by atomic mass is 9.87. The van der Waals surface area contributed by atoms with E-state index in [2.05, 4.69) is 10.6 Å². The van der Waals surface area contributed by atoms with Crippen LogP contribution in [0.15, 0.2) is 0 Å². The first-order chi connectivity index (χ1) is 8.27.